The quantitative estimate of drug-likeness (QED) is 0.163. The number of amides is 2. The third-order valence-electron chi connectivity index (χ3n) is 6.96. The summed E-state index contributed by atoms with van der Waals surface area (Å²) in [6.07, 6.45) is 1.92. The zero-order chi connectivity index (χ0) is 32.2. The maximum atomic E-state index is 13.7. The number of hydrogen-bond donors (Lipinski definition) is 2. The number of hydrogen-bond acceptors (Lipinski definition) is 5. The first-order chi connectivity index (χ1) is 21.6. The van der Waals surface area contributed by atoms with Crippen molar-refractivity contribution in [2.24, 2.45) is 0 Å². The van der Waals surface area contributed by atoms with Crippen molar-refractivity contribution >= 4 is 27.5 Å². The number of carbonyl (C=O) groups excluding carboxylic acids is 2. The Labute approximate surface area is 262 Å². The molecule has 0 radical (unpaired) electrons. The summed E-state index contributed by atoms with van der Waals surface area (Å²) in [5.74, 6) is -1.48. The standard InChI is InChI=1S/C34H35F2N3O5S/c1-2-3-21-37-34(41)32(22-25-7-5-4-6-8-25)39(23-26-9-11-27(35)12-10-26)33(40)24-44-30-17-19-31(20-18-30)45(42,43)38-29-15-13-28(36)14-16-29/h4-20,32,38H,2-3,21-24H2,1H3,(H,37,41). The van der Waals surface area contributed by atoms with Crippen molar-refractivity contribution in [1.29, 1.82) is 0 Å². The molecular formula is C34H35F2N3O5S. The number of carbonyl (C=O) groups is 2. The van der Waals surface area contributed by atoms with Gasteiger partial charge in [-0.1, -0.05) is 55.8 Å². The lowest BCUT2D eigenvalue weighted by Gasteiger charge is -2.31. The second-order valence-electron chi connectivity index (χ2n) is 10.4. The monoisotopic (exact) mass is 635 g/mol. The first-order valence-electron chi connectivity index (χ1n) is 14.5. The summed E-state index contributed by atoms with van der Waals surface area (Å²) in [4.78, 5) is 28.6. The maximum Gasteiger partial charge on any atom is 0.261 e. The number of anilines is 1. The van der Waals surface area contributed by atoms with Crippen LogP contribution in [0.2, 0.25) is 0 Å². The van der Waals surface area contributed by atoms with Gasteiger partial charge in [0, 0.05) is 25.2 Å². The van der Waals surface area contributed by atoms with Crippen molar-refractivity contribution in [3.05, 3.63) is 126 Å². The first kappa shape index (κ1) is 33.1. The van der Waals surface area contributed by atoms with Crippen molar-refractivity contribution in [1.82, 2.24) is 10.2 Å². The average Bonchev–Trinajstić information content (AvgIpc) is 3.04. The molecule has 11 heteroatoms. The Kier molecular flexibility index (Phi) is 11.6. The molecule has 8 nitrogen and oxygen atoms in total. The topological polar surface area (TPSA) is 105 Å². The Morgan fingerprint density at radius 1 is 0.822 bits per heavy atom. The van der Waals surface area contributed by atoms with Crippen LogP contribution in [0.3, 0.4) is 0 Å². The molecule has 0 aliphatic heterocycles. The largest absolute Gasteiger partial charge is 0.484 e. The van der Waals surface area contributed by atoms with E-state index >= 15 is 0 Å². The van der Waals surface area contributed by atoms with E-state index in [9.17, 15) is 26.8 Å². The number of nitrogens with zero attached hydrogens (tertiary/aromatic N) is 1. The molecule has 45 heavy (non-hydrogen) atoms. The van der Waals surface area contributed by atoms with E-state index < -0.39 is 40.2 Å². The molecule has 0 aliphatic carbocycles. The van der Waals surface area contributed by atoms with Crippen molar-refractivity contribution in [2.75, 3.05) is 17.9 Å². The zero-order valence-electron chi connectivity index (χ0n) is 24.8. The molecule has 0 aliphatic rings. The van der Waals surface area contributed by atoms with Crippen molar-refractivity contribution in [3.63, 3.8) is 0 Å². The number of rotatable bonds is 15. The number of benzene rings is 4. The molecule has 4 rings (SSSR count). The number of sulfonamides is 1. The predicted octanol–water partition coefficient (Wildman–Crippen LogP) is 5.70. The van der Waals surface area contributed by atoms with Gasteiger partial charge in [-0.05, 0) is 78.2 Å². The highest BCUT2D eigenvalue weighted by Crippen LogP contribution is 2.21. The summed E-state index contributed by atoms with van der Waals surface area (Å²) in [5.41, 5.74) is 1.69. The highest BCUT2D eigenvalue weighted by Gasteiger charge is 2.30. The van der Waals surface area contributed by atoms with Crippen LogP contribution < -0.4 is 14.8 Å². The summed E-state index contributed by atoms with van der Waals surface area (Å²) < 4.78 is 60.5. The summed E-state index contributed by atoms with van der Waals surface area (Å²) in [6, 6.07) is 24.5. The fraction of sp³-hybridized carbons (Fsp3) is 0.235. The molecule has 0 saturated carbocycles. The van der Waals surface area contributed by atoms with Crippen LogP contribution in [0.5, 0.6) is 5.75 Å². The van der Waals surface area contributed by atoms with Gasteiger partial charge < -0.3 is 15.0 Å². The summed E-state index contributed by atoms with van der Waals surface area (Å²) >= 11 is 0. The lowest BCUT2D eigenvalue weighted by molar-refractivity contribution is -0.142. The molecule has 1 unspecified atom stereocenters. The molecule has 2 N–H and O–H groups in total. The van der Waals surface area contributed by atoms with Gasteiger partial charge >= 0.3 is 0 Å². The smallest absolute Gasteiger partial charge is 0.261 e. The van der Waals surface area contributed by atoms with E-state index in [1.807, 2.05) is 37.3 Å². The van der Waals surface area contributed by atoms with Gasteiger partial charge in [-0.15, -0.1) is 0 Å². The van der Waals surface area contributed by atoms with E-state index in [1.54, 1.807) is 12.1 Å². The lowest BCUT2D eigenvalue weighted by atomic mass is 10.0. The van der Waals surface area contributed by atoms with Gasteiger partial charge in [0.15, 0.2) is 6.61 Å². The van der Waals surface area contributed by atoms with E-state index in [0.717, 1.165) is 30.5 Å². The summed E-state index contributed by atoms with van der Waals surface area (Å²) in [6.45, 7) is 2.07. The molecule has 236 valence electrons. The molecule has 4 aromatic rings. The summed E-state index contributed by atoms with van der Waals surface area (Å²) in [5, 5.41) is 2.93. The molecule has 0 saturated heterocycles. The van der Waals surface area contributed by atoms with Gasteiger partial charge in [-0.2, -0.15) is 0 Å². The molecule has 0 bridgehead atoms. The Bertz CT molecular complexity index is 1650. The summed E-state index contributed by atoms with van der Waals surface area (Å²) in [7, 11) is -3.96. The molecule has 1 atom stereocenters. The van der Waals surface area contributed by atoms with Gasteiger partial charge in [0.2, 0.25) is 5.91 Å². The van der Waals surface area contributed by atoms with Crippen molar-refractivity contribution < 1.29 is 31.5 Å². The van der Waals surface area contributed by atoms with Gasteiger partial charge in [0.25, 0.3) is 15.9 Å². The van der Waals surface area contributed by atoms with Gasteiger partial charge in [0.05, 0.1) is 4.90 Å². The SMILES string of the molecule is CCCCNC(=O)C(Cc1ccccc1)N(Cc1ccc(F)cc1)C(=O)COc1ccc(S(=O)(=O)Nc2ccc(F)cc2)cc1. The highest BCUT2D eigenvalue weighted by molar-refractivity contribution is 7.92. The van der Waals surface area contributed by atoms with Gasteiger partial charge in [-0.25, -0.2) is 17.2 Å². The van der Waals surface area contributed by atoms with Gasteiger partial charge in [0.1, 0.15) is 23.4 Å². The average molecular weight is 636 g/mol. The molecule has 0 fully saturated rings. The van der Waals surface area contributed by atoms with Crippen LogP contribution in [0.25, 0.3) is 0 Å². The van der Waals surface area contributed by atoms with Crippen molar-refractivity contribution in [2.45, 2.75) is 43.7 Å². The number of halogens is 2. The molecule has 0 spiro atoms. The van der Waals surface area contributed by atoms with E-state index in [0.29, 0.717) is 12.1 Å². The minimum atomic E-state index is -3.96. The highest BCUT2D eigenvalue weighted by atomic mass is 32.2. The van der Waals surface area contributed by atoms with E-state index in [1.165, 1.54) is 53.4 Å². The number of nitrogens with one attached hydrogen (secondary N) is 2. The second-order valence-corrected chi connectivity index (χ2v) is 12.1. The van der Waals surface area contributed by atoms with Crippen LogP contribution in [-0.2, 0) is 32.6 Å². The maximum absolute atomic E-state index is 13.7. The van der Waals surface area contributed by atoms with E-state index in [2.05, 4.69) is 10.0 Å². The molecular weight excluding hydrogens is 600 g/mol. The van der Waals surface area contributed by atoms with E-state index in [4.69, 9.17) is 4.74 Å². The zero-order valence-corrected chi connectivity index (χ0v) is 25.6. The Balaban J connectivity index is 1.52. The van der Waals surface area contributed by atoms with Crippen LogP contribution in [0.1, 0.15) is 30.9 Å². The number of unbranched alkanes of at least 4 members (excludes halogenated alkanes) is 1. The molecule has 2 amide bonds. The van der Waals surface area contributed by atoms with Crippen molar-refractivity contribution in [3.8, 4) is 5.75 Å². The van der Waals surface area contributed by atoms with Crippen LogP contribution in [-0.4, -0.2) is 44.3 Å². The van der Waals surface area contributed by atoms with E-state index in [-0.39, 0.29) is 35.2 Å². The minimum absolute atomic E-state index is 0.0351. The fourth-order valence-electron chi connectivity index (χ4n) is 4.52. The lowest BCUT2D eigenvalue weighted by Crippen LogP contribution is -2.51. The first-order valence-corrected chi connectivity index (χ1v) is 16.0. The third kappa shape index (κ3) is 9.87. The molecule has 0 heterocycles. The predicted molar refractivity (Wildman–Crippen MR) is 168 cm³/mol. The fourth-order valence-corrected chi connectivity index (χ4v) is 5.58. The third-order valence-corrected chi connectivity index (χ3v) is 8.36. The van der Waals surface area contributed by atoms with Crippen LogP contribution in [0.15, 0.2) is 108 Å². The van der Waals surface area contributed by atoms with Crippen LogP contribution in [0.4, 0.5) is 14.5 Å². The Morgan fingerprint density at radius 2 is 1.44 bits per heavy atom. The van der Waals surface area contributed by atoms with Crippen LogP contribution in [0, 0.1) is 11.6 Å². The second kappa shape index (κ2) is 15.8. The molecule has 4 aromatic carbocycles. The van der Waals surface area contributed by atoms with Gasteiger partial charge in [-0.3, -0.25) is 14.3 Å². The minimum Gasteiger partial charge on any atom is -0.484 e. The Hall–Kier alpha value is -4.77. The Morgan fingerprint density at radius 3 is 2.07 bits per heavy atom. The normalized spacial score (nSPS) is 11.8. The molecule has 0 aromatic heterocycles. The number of ether oxygens (including phenoxy) is 1. The van der Waals surface area contributed by atoms with Crippen LogP contribution >= 0.6 is 0 Å².